The van der Waals surface area contributed by atoms with E-state index in [1.807, 2.05) is 55.1 Å². The number of phenolic OH excluding ortho intramolecular Hbond substituents is 1. The predicted molar refractivity (Wildman–Crippen MR) is 133 cm³/mol. The monoisotopic (exact) mass is 519 g/mol. The summed E-state index contributed by atoms with van der Waals surface area (Å²) in [6.45, 7) is 9.30. The number of nitrogens with one attached hydrogen (secondary N) is 2. The van der Waals surface area contributed by atoms with E-state index in [4.69, 9.17) is 4.99 Å². The molecule has 1 heterocycles. The number of guanidine groups is 1. The summed E-state index contributed by atoms with van der Waals surface area (Å²) >= 11 is 0. The molecule has 160 valence electrons. The van der Waals surface area contributed by atoms with Crippen molar-refractivity contribution < 1.29 is 5.11 Å². The van der Waals surface area contributed by atoms with Crippen molar-refractivity contribution in [3.05, 3.63) is 77.1 Å². The third-order valence-electron chi connectivity index (χ3n) is 4.81. The molecule has 3 rings (SSSR count). The number of aromatic nitrogens is 2. The average Bonchev–Trinajstić information content (AvgIpc) is 3.25. The van der Waals surface area contributed by atoms with Crippen LogP contribution in [0.15, 0.2) is 59.9 Å². The first-order chi connectivity index (χ1) is 14.0. The van der Waals surface area contributed by atoms with Crippen molar-refractivity contribution in [1.82, 2.24) is 20.4 Å². The Morgan fingerprint density at radius 1 is 1.17 bits per heavy atom. The highest BCUT2D eigenvalue weighted by molar-refractivity contribution is 14.0. The van der Waals surface area contributed by atoms with E-state index in [2.05, 4.69) is 41.7 Å². The maximum Gasteiger partial charge on any atom is 0.192 e. The van der Waals surface area contributed by atoms with Crippen LogP contribution in [0.1, 0.15) is 42.1 Å². The molecule has 1 aromatic heterocycles. The summed E-state index contributed by atoms with van der Waals surface area (Å²) in [7, 11) is 0. The molecule has 30 heavy (non-hydrogen) atoms. The molecule has 1 unspecified atom stereocenters. The van der Waals surface area contributed by atoms with Crippen LogP contribution < -0.4 is 10.6 Å². The fourth-order valence-electron chi connectivity index (χ4n) is 3.27. The number of benzene rings is 2. The minimum Gasteiger partial charge on any atom is -0.507 e. The summed E-state index contributed by atoms with van der Waals surface area (Å²) in [6.07, 6.45) is 3.71. The molecule has 6 nitrogen and oxygen atoms in total. The zero-order valence-electron chi connectivity index (χ0n) is 17.9. The zero-order chi connectivity index (χ0) is 20.8. The van der Waals surface area contributed by atoms with Gasteiger partial charge in [-0.05, 0) is 68.1 Å². The zero-order valence-corrected chi connectivity index (χ0v) is 20.2. The number of nitrogens with zero attached hydrogens (tertiary/aromatic N) is 3. The maximum absolute atomic E-state index is 9.96. The van der Waals surface area contributed by atoms with Crippen LogP contribution in [0.3, 0.4) is 0 Å². The maximum atomic E-state index is 9.96. The molecule has 3 N–H and O–H groups in total. The van der Waals surface area contributed by atoms with Crippen LogP contribution in [-0.2, 0) is 6.54 Å². The molecule has 7 heteroatoms. The van der Waals surface area contributed by atoms with Crippen LogP contribution in [0.2, 0.25) is 0 Å². The summed E-state index contributed by atoms with van der Waals surface area (Å²) in [6, 6.07) is 14.2. The number of aryl methyl sites for hydroxylation is 2. The van der Waals surface area contributed by atoms with Gasteiger partial charge in [0.1, 0.15) is 5.75 Å². The summed E-state index contributed by atoms with van der Waals surface area (Å²) < 4.78 is 1.85. The molecule has 0 radical (unpaired) electrons. The number of aliphatic imine (C=N–C) groups is 1. The summed E-state index contributed by atoms with van der Waals surface area (Å²) in [4.78, 5) is 4.73. The Balaban J connectivity index is 0.00000320. The Morgan fingerprint density at radius 3 is 2.53 bits per heavy atom. The lowest BCUT2D eigenvalue weighted by Crippen LogP contribution is -2.38. The SMILES string of the molecule is CCNC(=NCc1cc(C)c(O)c(C)c1)NC(C)c1cccc(-n2cccn2)c1.I. The van der Waals surface area contributed by atoms with Gasteiger partial charge in [0.15, 0.2) is 5.96 Å². The highest BCUT2D eigenvalue weighted by Gasteiger charge is 2.10. The molecular weight excluding hydrogens is 489 g/mol. The van der Waals surface area contributed by atoms with E-state index < -0.39 is 0 Å². The lowest BCUT2D eigenvalue weighted by atomic mass is 10.1. The third-order valence-corrected chi connectivity index (χ3v) is 4.81. The first-order valence-corrected chi connectivity index (χ1v) is 9.92. The van der Waals surface area contributed by atoms with E-state index in [0.717, 1.165) is 40.4 Å². The minimum absolute atomic E-state index is 0. The lowest BCUT2D eigenvalue weighted by molar-refractivity contribution is 0.466. The number of aromatic hydroxyl groups is 1. The van der Waals surface area contributed by atoms with Crippen molar-refractivity contribution in [2.45, 2.75) is 40.3 Å². The van der Waals surface area contributed by atoms with Crippen LogP contribution in [0.5, 0.6) is 5.75 Å². The van der Waals surface area contributed by atoms with Gasteiger partial charge in [-0.1, -0.05) is 24.3 Å². The molecule has 0 saturated carbocycles. The molecule has 0 amide bonds. The lowest BCUT2D eigenvalue weighted by Gasteiger charge is -2.19. The Morgan fingerprint density at radius 2 is 1.90 bits per heavy atom. The smallest absolute Gasteiger partial charge is 0.192 e. The van der Waals surface area contributed by atoms with E-state index in [1.54, 1.807) is 6.20 Å². The fraction of sp³-hybridized carbons (Fsp3) is 0.304. The largest absolute Gasteiger partial charge is 0.507 e. The molecule has 0 aliphatic heterocycles. The van der Waals surface area contributed by atoms with Gasteiger partial charge >= 0.3 is 0 Å². The van der Waals surface area contributed by atoms with Gasteiger partial charge in [0.05, 0.1) is 18.3 Å². The molecule has 0 fully saturated rings. The van der Waals surface area contributed by atoms with E-state index >= 15 is 0 Å². The number of halogens is 1. The number of rotatable bonds is 6. The van der Waals surface area contributed by atoms with Crippen LogP contribution in [0, 0.1) is 13.8 Å². The van der Waals surface area contributed by atoms with Crippen molar-refractivity contribution in [2.24, 2.45) is 4.99 Å². The summed E-state index contributed by atoms with van der Waals surface area (Å²) in [5.41, 5.74) is 5.00. The van der Waals surface area contributed by atoms with Gasteiger partial charge in [-0.2, -0.15) is 5.10 Å². The molecule has 2 aromatic carbocycles. The molecule has 0 bridgehead atoms. The van der Waals surface area contributed by atoms with Crippen LogP contribution in [0.4, 0.5) is 0 Å². The van der Waals surface area contributed by atoms with Crippen LogP contribution in [-0.4, -0.2) is 27.4 Å². The second kappa shape index (κ2) is 11.0. The van der Waals surface area contributed by atoms with E-state index in [0.29, 0.717) is 12.3 Å². The van der Waals surface area contributed by atoms with E-state index in [9.17, 15) is 5.11 Å². The van der Waals surface area contributed by atoms with E-state index in [1.165, 1.54) is 0 Å². The van der Waals surface area contributed by atoms with Crippen molar-refractivity contribution in [2.75, 3.05) is 6.54 Å². The van der Waals surface area contributed by atoms with E-state index in [-0.39, 0.29) is 30.0 Å². The molecule has 1 atom stereocenters. The normalized spacial score (nSPS) is 12.2. The summed E-state index contributed by atoms with van der Waals surface area (Å²) in [5, 5.41) is 21.1. The second-order valence-electron chi connectivity index (χ2n) is 7.19. The molecular formula is C23H30IN5O. The quantitative estimate of drug-likeness (QED) is 0.252. The highest BCUT2D eigenvalue weighted by atomic mass is 127. The highest BCUT2D eigenvalue weighted by Crippen LogP contribution is 2.23. The summed E-state index contributed by atoms with van der Waals surface area (Å²) in [5.74, 6) is 1.11. The Bertz CT molecular complexity index is 962. The van der Waals surface area contributed by atoms with Crippen molar-refractivity contribution in [3.8, 4) is 11.4 Å². The van der Waals surface area contributed by atoms with Crippen LogP contribution in [0.25, 0.3) is 5.69 Å². The fourth-order valence-corrected chi connectivity index (χ4v) is 3.27. The second-order valence-corrected chi connectivity index (χ2v) is 7.19. The van der Waals surface area contributed by atoms with Crippen molar-refractivity contribution in [3.63, 3.8) is 0 Å². The number of phenols is 1. The molecule has 0 saturated heterocycles. The Labute approximate surface area is 195 Å². The standard InChI is InChI=1S/C23H29N5O.HI/c1-5-24-23(25-15-19-12-16(2)22(29)17(3)13-19)27-18(4)20-8-6-9-21(14-20)28-11-7-10-26-28;/h6-14,18,29H,5,15H2,1-4H3,(H2,24,25,27);1H. The van der Waals surface area contributed by atoms with Gasteiger partial charge in [0, 0.05) is 18.9 Å². The Kier molecular flexibility index (Phi) is 8.71. The molecule has 0 spiro atoms. The van der Waals surface area contributed by atoms with Crippen molar-refractivity contribution in [1.29, 1.82) is 0 Å². The molecule has 0 aliphatic rings. The average molecular weight is 519 g/mol. The van der Waals surface area contributed by atoms with Gasteiger partial charge in [0.2, 0.25) is 0 Å². The molecule has 0 aliphatic carbocycles. The van der Waals surface area contributed by atoms with Gasteiger partial charge in [-0.25, -0.2) is 9.67 Å². The van der Waals surface area contributed by atoms with Gasteiger partial charge in [-0.15, -0.1) is 24.0 Å². The van der Waals surface area contributed by atoms with Crippen molar-refractivity contribution >= 4 is 29.9 Å². The first kappa shape index (κ1) is 23.7. The minimum atomic E-state index is 0. The Hall–Kier alpha value is -2.55. The topological polar surface area (TPSA) is 74.5 Å². The van der Waals surface area contributed by atoms with Gasteiger partial charge in [-0.3, -0.25) is 0 Å². The number of hydrogen-bond acceptors (Lipinski definition) is 3. The predicted octanol–water partition coefficient (Wildman–Crippen LogP) is 4.63. The number of hydrogen-bond donors (Lipinski definition) is 3. The molecule has 3 aromatic rings. The third kappa shape index (κ3) is 5.98. The van der Waals surface area contributed by atoms with Gasteiger partial charge in [0.25, 0.3) is 0 Å². The van der Waals surface area contributed by atoms with Crippen LogP contribution >= 0.6 is 24.0 Å². The first-order valence-electron chi connectivity index (χ1n) is 9.92. The van der Waals surface area contributed by atoms with Gasteiger partial charge < -0.3 is 15.7 Å².